The van der Waals surface area contributed by atoms with E-state index in [0.717, 1.165) is 31.6 Å². The van der Waals surface area contributed by atoms with E-state index in [4.69, 9.17) is 5.73 Å². The molecular weight excluding hydrogens is 242 g/mol. The Balaban J connectivity index is 2.18. The van der Waals surface area contributed by atoms with Gasteiger partial charge in [-0.3, -0.25) is 9.59 Å². The maximum Gasteiger partial charge on any atom is 0.255 e. The van der Waals surface area contributed by atoms with Crippen molar-refractivity contribution in [1.29, 1.82) is 0 Å². The highest BCUT2D eigenvalue weighted by Crippen LogP contribution is 2.09. The molecule has 0 radical (unpaired) electrons. The molecule has 2 rings (SSSR count). The number of hydrogen-bond donors (Lipinski definition) is 1. The molecule has 1 saturated heterocycles. The normalized spacial score (nSPS) is 15.6. The van der Waals surface area contributed by atoms with Gasteiger partial charge in [0.1, 0.15) is 6.54 Å². The molecule has 0 aliphatic carbocycles. The van der Waals surface area contributed by atoms with Crippen molar-refractivity contribution in [2.75, 3.05) is 13.1 Å². The van der Waals surface area contributed by atoms with E-state index in [-0.39, 0.29) is 24.6 Å². The van der Waals surface area contributed by atoms with Gasteiger partial charge in [-0.1, -0.05) is 6.07 Å². The van der Waals surface area contributed by atoms with Crippen molar-refractivity contribution >= 4 is 5.91 Å². The van der Waals surface area contributed by atoms with Gasteiger partial charge in [-0.25, -0.2) is 0 Å². The van der Waals surface area contributed by atoms with Gasteiger partial charge in [0.15, 0.2) is 0 Å². The molecule has 19 heavy (non-hydrogen) atoms. The molecule has 1 aliphatic heterocycles. The fraction of sp³-hybridized carbons (Fsp3) is 0.571. The molecule has 1 aliphatic rings. The summed E-state index contributed by atoms with van der Waals surface area (Å²) in [6.07, 6.45) is 3.30. The van der Waals surface area contributed by atoms with Crippen LogP contribution in [0.4, 0.5) is 0 Å². The predicted octanol–water partition coefficient (Wildman–Crippen LogP) is 0.628. The van der Waals surface area contributed by atoms with Gasteiger partial charge in [0.2, 0.25) is 5.91 Å². The van der Waals surface area contributed by atoms with E-state index in [2.05, 4.69) is 0 Å². The average Bonchev–Trinajstić information content (AvgIpc) is 2.44. The van der Waals surface area contributed by atoms with Crippen molar-refractivity contribution < 1.29 is 4.79 Å². The molecule has 0 saturated carbocycles. The Morgan fingerprint density at radius 1 is 1.26 bits per heavy atom. The fourth-order valence-corrected chi connectivity index (χ4v) is 2.45. The summed E-state index contributed by atoms with van der Waals surface area (Å²) in [6.45, 7) is 3.78. The number of likely N-dealkylation sites (tertiary alicyclic amines) is 1. The second-order valence-electron chi connectivity index (χ2n) is 5.04. The van der Waals surface area contributed by atoms with Crippen molar-refractivity contribution in [3.63, 3.8) is 0 Å². The number of nitrogens with zero attached hydrogens (tertiary/aromatic N) is 2. The maximum atomic E-state index is 12.2. The molecular formula is C14H21N3O2. The highest BCUT2D eigenvalue weighted by atomic mass is 16.2. The highest BCUT2D eigenvalue weighted by Gasteiger charge is 2.18. The van der Waals surface area contributed by atoms with E-state index in [1.165, 1.54) is 11.0 Å². The summed E-state index contributed by atoms with van der Waals surface area (Å²) >= 11 is 0. The summed E-state index contributed by atoms with van der Waals surface area (Å²) in [5, 5.41) is 0. The molecule has 104 valence electrons. The van der Waals surface area contributed by atoms with Crippen LogP contribution >= 0.6 is 0 Å². The smallest absolute Gasteiger partial charge is 0.255 e. The second kappa shape index (κ2) is 6.02. The molecule has 0 bridgehead atoms. The quantitative estimate of drug-likeness (QED) is 0.869. The van der Waals surface area contributed by atoms with Crippen LogP contribution in [-0.4, -0.2) is 28.5 Å². The predicted molar refractivity (Wildman–Crippen MR) is 73.8 cm³/mol. The van der Waals surface area contributed by atoms with E-state index in [0.29, 0.717) is 5.56 Å². The topological polar surface area (TPSA) is 68.3 Å². The third-order valence-corrected chi connectivity index (χ3v) is 3.69. The van der Waals surface area contributed by atoms with Crippen molar-refractivity contribution in [3.05, 3.63) is 33.7 Å². The monoisotopic (exact) mass is 263 g/mol. The Bertz CT molecular complexity index is 516. The molecule has 0 spiro atoms. The lowest BCUT2D eigenvalue weighted by Crippen LogP contribution is -2.40. The first-order valence-corrected chi connectivity index (χ1v) is 6.80. The van der Waals surface area contributed by atoms with Crippen LogP contribution in [0, 0.1) is 6.92 Å². The third-order valence-electron chi connectivity index (χ3n) is 3.69. The van der Waals surface area contributed by atoms with Crippen molar-refractivity contribution in [1.82, 2.24) is 9.47 Å². The first-order valence-electron chi connectivity index (χ1n) is 6.80. The molecule has 1 aromatic rings. The summed E-state index contributed by atoms with van der Waals surface area (Å²) in [5.41, 5.74) is 6.74. The van der Waals surface area contributed by atoms with Gasteiger partial charge in [0.05, 0.1) is 0 Å². The average molecular weight is 263 g/mol. The first kappa shape index (κ1) is 13.8. The maximum absolute atomic E-state index is 12.2. The summed E-state index contributed by atoms with van der Waals surface area (Å²) in [6, 6.07) is 3.58. The van der Waals surface area contributed by atoms with Gasteiger partial charge >= 0.3 is 0 Å². The largest absolute Gasteiger partial charge is 0.341 e. The van der Waals surface area contributed by atoms with Crippen LogP contribution in [0.5, 0.6) is 0 Å². The van der Waals surface area contributed by atoms with Gasteiger partial charge in [-0.15, -0.1) is 0 Å². The van der Waals surface area contributed by atoms with Gasteiger partial charge in [0.25, 0.3) is 5.56 Å². The fourth-order valence-electron chi connectivity index (χ4n) is 2.45. The molecule has 0 aromatic carbocycles. The van der Waals surface area contributed by atoms with E-state index in [1.807, 2.05) is 17.9 Å². The standard InChI is InChI=1S/C14H21N3O2/c1-11-5-6-12(9-15)14(19)17(11)10-13(18)16-7-3-2-4-8-16/h5-6H,2-4,7-10,15H2,1H3. The molecule has 1 aromatic heterocycles. The number of carbonyl (C=O) groups excluding carboxylic acids is 1. The van der Waals surface area contributed by atoms with E-state index >= 15 is 0 Å². The summed E-state index contributed by atoms with van der Waals surface area (Å²) in [7, 11) is 0. The molecule has 5 nitrogen and oxygen atoms in total. The van der Waals surface area contributed by atoms with Crippen LogP contribution in [0.25, 0.3) is 0 Å². The lowest BCUT2D eigenvalue weighted by molar-refractivity contribution is -0.132. The third kappa shape index (κ3) is 3.04. The van der Waals surface area contributed by atoms with E-state index < -0.39 is 0 Å². The molecule has 1 fully saturated rings. The molecule has 5 heteroatoms. The Labute approximate surface area is 113 Å². The Kier molecular flexibility index (Phi) is 4.37. The summed E-state index contributed by atoms with van der Waals surface area (Å²) in [4.78, 5) is 26.2. The van der Waals surface area contributed by atoms with Crippen LogP contribution in [0.1, 0.15) is 30.5 Å². The minimum absolute atomic E-state index is 0.0269. The lowest BCUT2D eigenvalue weighted by atomic mass is 10.1. The number of aryl methyl sites for hydroxylation is 1. The van der Waals surface area contributed by atoms with E-state index in [9.17, 15) is 9.59 Å². The zero-order valence-electron chi connectivity index (χ0n) is 11.4. The second-order valence-corrected chi connectivity index (χ2v) is 5.04. The first-order chi connectivity index (χ1) is 9.13. The van der Waals surface area contributed by atoms with Crippen molar-refractivity contribution in [2.45, 2.75) is 39.3 Å². The minimum atomic E-state index is -0.146. The molecule has 1 amide bonds. The van der Waals surface area contributed by atoms with Gasteiger partial charge in [-0.2, -0.15) is 0 Å². The van der Waals surface area contributed by atoms with Crippen LogP contribution in [0.3, 0.4) is 0 Å². The van der Waals surface area contributed by atoms with Crippen LogP contribution in [0.2, 0.25) is 0 Å². The number of pyridine rings is 1. The number of amides is 1. The number of rotatable bonds is 3. The van der Waals surface area contributed by atoms with Crippen LogP contribution in [0.15, 0.2) is 16.9 Å². The summed E-state index contributed by atoms with van der Waals surface area (Å²) < 4.78 is 1.53. The zero-order chi connectivity index (χ0) is 13.8. The van der Waals surface area contributed by atoms with Gasteiger partial charge in [0, 0.05) is 30.9 Å². The number of hydrogen-bond acceptors (Lipinski definition) is 3. The summed E-state index contributed by atoms with van der Waals surface area (Å²) in [5.74, 6) is 0.0269. The van der Waals surface area contributed by atoms with Gasteiger partial charge < -0.3 is 15.2 Å². The number of aromatic nitrogens is 1. The van der Waals surface area contributed by atoms with E-state index in [1.54, 1.807) is 6.07 Å². The number of carbonyl (C=O) groups is 1. The number of nitrogens with two attached hydrogens (primary N) is 1. The highest BCUT2D eigenvalue weighted by molar-refractivity contribution is 5.76. The number of piperidine rings is 1. The molecule has 2 heterocycles. The SMILES string of the molecule is Cc1ccc(CN)c(=O)n1CC(=O)N1CCCCC1. The molecule has 0 atom stereocenters. The van der Waals surface area contributed by atoms with Crippen LogP contribution in [-0.2, 0) is 17.9 Å². The Hall–Kier alpha value is -1.62. The Morgan fingerprint density at radius 3 is 2.58 bits per heavy atom. The lowest BCUT2D eigenvalue weighted by Gasteiger charge is -2.27. The minimum Gasteiger partial charge on any atom is -0.341 e. The molecule has 2 N–H and O–H groups in total. The Morgan fingerprint density at radius 2 is 1.95 bits per heavy atom. The zero-order valence-corrected chi connectivity index (χ0v) is 11.4. The van der Waals surface area contributed by atoms with Crippen molar-refractivity contribution in [3.8, 4) is 0 Å². The molecule has 0 unspecified atom stereocenters. The van der Waals surface area contributed by atoms with Gasteiger partial charge in [-0.05, 0) is 32.3 Å². The van der Waals surface area contributed by atoms with Crippen LogP contribution < -0.4 is 11.3 Å². The van der Waals surface area contributed by atoms with Crippen molar-refractivity contribution in [2.24, 2.45) is 5.73 Å².